The maximum atomic E-state index is 5.49. The van der Waals surface area contributed by atoms with Crippen LogP contribution < -0.4 is 18.9 Å². The lowest BCUT2D eigenvalue weighted by atomic mass is 10.0. The van der Waals surface area contributed by atoms with Crippen LogP contribution in [0.3, 0.4) is 0 Å². The van der Waals surface area contributed by atoms with Crippen LogP contribution in [0, 0.1) is 0 Å². The first-order chi connectivity index (χ1) is 10.7. The van der Waals surface area contributed by atoms with E-state index in [-0.39, 0.29) is 5.25 Å². The lowest BCUT2D eigenvalue weighted by Gasteiger charge is -2.20. The zero-order chi connectivity index (χ0) is 16.1. The van der Waals surface area contributed by atoms with Crippen LogP contribution in [0.4, 0.5) is 0 Å². The molecule has 5 heteroatoms. The van der Waals surface area contributed by atoms with Crippen molar-refractivity contribution in [1.82, 2.24) is 0 Å². The Hall–Kier alpha value is -2.01. The van der Waals surface area contributed by atoms with Gasteiger partial charge >= 0.3 is 0 Å². The molecule has 0 aliphatic heterocycles. The van der Waals surface area contributed by atoms with Gasteiger partial charge in [-0.05, 0) is 12.1 Å². The summed E-state index contributed by atoms with van der Waals surface area (Å²) < 4.78 is 21.7. The number of rotatable bonds is 6. The molecule has 0 aliphatic carbocycles. The second-order valence-electron chi connectivity index (χ2n) is 4.57. The Morgan fingerprint density at radius 3 is 1.41 bits per heavy atom. The van der Waals surface area contributed by atoms with Crippen molar-refractivity contribution in [2.45, 2.75) is 5.25 Å². The molecule has 22 heavy (non-hydrogen) atoms. The highest BCUT2D eigenvalue weighted by molar-refractivity contribution is 7.80. The summed E-state index contributed by atoms with van der Waals surface area (Å²) in [6.45, 7) is 0. The highest BCUT2D eigenvalue weighted by atomic mass is 32.1. The summed E-state index contributed by atoms with van der Waals surface area (Å²) in [6, 6.07) is 11.4. The SMILES string of the molecule is COc1cccc(C(S)c2cccc(OC)c2OC)c1OC. The van der Waals surface area contributed by atoms with Crippen LogP contribution in [0.5, 0.6) is 23.0 Å². The van der Waals surface area contributed by atoms with E-state index in [4.69, 9.17) is 31.6 Å². The summed E-state index contributed by atoms with van der Waals surface area (Å²) in [5, 5.41) is -0.241. The third-order valence-electron chi connectivity index (χ3n) is 3.46. The van der Waals surface area contributed by atoms with Crippen LogP contribution in [0.25, 0.3) is 0 Å². The lowest BCUT2D eigenvalue weighted by molar-refractivity contribution is 0.348. The number of hydrogen-bond acceptors (Lipinski definition) is 5. The van der Waals surface area contributed by atoms with Crippen molar-refractivity contribution in [3.8, 4) is 23.0 Å². The first-order valence-corrected chi connectivity index (χ1v) is 7.29. The van der Waals surface area contributed by atoms with Crippen LogP contribution in [-0.2, 0) is 0 Å². The van der Waals surface area contributed by atoms with Crippen molar-refractivity contribution in [3.63, 3.8) is 0 Å². The van der Waals surface area contributed by atoms with Gasteiger partial charge in [0.05, 0.1) is 33.7 Å². The topological polar surface area (TPSA) is 36.9 Å². The molecule has 0 bridgehead atoms. The highest BCUT2D eigenvalue weighted by Crippen LogP contribution is 2.44. The van der Waals surface area contributed by atoms with E-state index in [1.807, 2.05) is 36.4 Å². The van der Waals surface area contributed by atoms with E-state index in [9.17, 15) is 0 Å². The zero-order valence-corrected chi connectivity index (χ0v) is 14.0. The van der Waals surface area contributed by atoms with E-state index >= 15 is 0 Å². The molecule has 0 fully saturated rings. The van der Waals surface area contributed by atoms with Gasteiger partial charge in [0.2, 0.25) is 0 Å². The van der Waals surface area contributed by atoms with Gasteiger partial charge in [0.15, 0.2) is 23.0 Å². The van der Waals surface area contributed by atoms with Crippen molar-refractivity contribution >= 4 is 12.6 Å². The van der Waals surface area contributed by atoms with E-state index < -0.39 is 0 Å². The summed E-state index contributed by atoms with van der Waals surface area (Å²) in [4.78, 5) is 0. The molecule has 2 rings (SSSR count). The van der Waals surface area contributed by atoms with Crippen LogP contribution in [0.15, 0.2) is 36.4 Å². The number of para-hydroxylation sites is 2. The molecule has 0 radical (unpaired) electrons. The van der Waals surface area contributed by atoms with Gasteiger partial charge in [0.1, 0.15) is 0 Å². The Bertz CT molecular complexity index is 587. The molecule has 0 aliphatic rings. The molecule has 0 saturated heterocycles. The molecule has 0 atom stereocenters. The molecule has 0 saturated carbocycles. The Morgan fingerprint density at radius 2 is 1.09 bits per heavy atom. The van der Waals surface area contributed by atoms with Crippen LogP contribution in [0.1, 0.15) is 16.4 Å². The zero-order valence-electron chi connectivity index (χ0n) is 13.1. The molecule has 2 aromatic carbocycles. The molecule has 0 unspecified atom stereocenters. The van der Waals surface area contributed by atoms with Gasteiger partial charge < -0.3 is 18.9 Å². The molecule has 118 valence electrons. The first kappa shape index (κ1) is 16.4. The largest absolute Gasteiger partial charge is 0.493 e. The molecule has 0 amide bonds. The standard InChI is InChI=1S/C17H20O4S/c1-18-13-9-5-7-11(15(13)20-3)17(22)12-8-6-10-14(19-2)16(12)21-4/h5-10,17,22H,1-4H3. The van der Waals surface area contributed by atoms with Gasteiger partial charge in [0.25, 0.3) is 0 Å². The van der Waals surface area contributed by atoms with Crippen molar-refractivity contribution in [1.29, 1.82) is 0 Å². The lowest BCUT2D eigenvalue weighted by Crippen LogP contribution is -2.03. The van der Waals surface area contributed by atoms with Gasteiger partial charge in [-0.1, -0.05) is 24.3 Å². The summed E-state index contributed by atoms with van der Waals surface area (Å²) >= 11 is 4.76. The summed E-state index contributed by atoms with van der Waals surface area (Å²) in [6.07, 6.45) is 0. The average molecular weight is 320 g/mol. The second-order valence-corrected chi connectivity index (χ2v) is 5.08. The fraction of sp³-hybridized carbons (Fsp3) is 0.294. The van der Waals surface area contributed by atoms with E-state index in [0.29, 0.717) is 23.0 Å². The number of benzene rings is 2. The average Bonchev–Trinajstić information content (AvgIpc) is 2.59. The predicted octanol–water partition coefficient (Wildman–Crippen LogP) is 3.74. The molecule has 4 nitrogen and oxygen atoms in total. The van der Waals surface area contributed by atoms with Gasteiger partial charge in [-0.15, -0.1) is 0 Å². The predicted molar refractivity (Wildman–Crippen MR) is 89.9 cm³/mol. The van der Waals surface area contributed by atoms with Crippen molar-refractivity contribution in [2.75, 3.05) is 28.4 Å². The quantitative estimate of drug-likeness (QED) is 0.823. The summed E-state index contributed by atoms with van der Waals surface area (Å²) in [7, 11) is 6.46. The minimum absolute atomic E-state index is 0.241. The third-order valence-corrected chi connectivity index (χ3v) is 4.01. The Labute approximate surface area is 136 Å². The van der Waals surface area contributed by atoms with Crippen molar-refractivity contribution < 1.29 is 18.9 Å². The Morgan fingerprint density at radius 1 is 0.682 bits per heavy atom. The van der Waals surface area contributed by atoms with Crippen LogP contribution in [-0.4, -0.2) is 28.4 Å². The van der Waals surface area contributed by atoms with E-state index in [2.05, 4.69) is 0 Å². The number of ether oxygens (including phenoxy) is 4. The molecule has 2 aromatic rings. The van der Waals surface area contributed by atoms with Gasteiger partial charge in [-0.25, -0.2) is 0 Å². The summed E-state index contributed by atoms with van der Waals surface area (Å²) in [5.41, 5.74) is 1.80. The van der Waals surface area contributed by atoms with Crippen LogP contribution >= 0.6 is 12.6 Å². The summed E-state index contributed by atoms with van der Waals surface area (Å²) in [5.74, 6) is 2.66. The monoisotopic (exact) mass is 320 g/mol. The van der Waals surface area contributed by atoms with Crippen LogP contribution in [0.2, 0.25) is 0 Å². The molecular formula is C17H20O4S. The van der Waals surface area contributed by atoms with E-state index in [1.165, 1.54) is 0 Å². The maximum absolute atomic E-state index is 5.49. The first-order valence-electron chi connectivity index (χ1n) is 6.77. The highest BCUT2D eigenvalue weighted by Gasteiger charge is 2.22. The number of methoxy groups -OCH3 is 4. The molecule has 0 N–H and O–H groups in total. The fourth-order valence-corrected chi connectivity index (χ4v) is 2.83. The van der Waals surface area contributed by atoms with Crippen molar-refractivity contribution in [3.05, 3.63) is 47.5 Å². The minimum Gasteiger partial charge on any atom is -0.493 e. The second kappa shape index (κ2) is 7.31. The minimum atomic E-state index is -0.241. The molecule has 0 spiro atoms. The maximum Gasteiger partial charge on any atom is 0.165 e. The smallest absolute Gasteiger partial charge is 0.165 e. The normalized spacial score (nSPS) is 10.5. The number of hydrogen-bond donors (Lipinski definition) is 1. The number of thiol groups is 1. The van der Waals surface area contributed by atoms with E-state index in [1.54, 1.807) is 28.4 Å². The van der Waals surface area contributed by atoms with Gasteiger partial charge in [0, 0.05) is 11.1 Å². The third kappa shape index (κ3) is 2.95. The Balaban J connectivity index is 2.55. The Kier molecular flexibility index (Phi) is 5.44. The fourth-order valence-electron chi connectivity index (χ4n) is 2.42. The van der Waals surface area contributed by atoms with Crippen molar-refractivity contribution in [2.24, 2.45) is 0 Å². The molecule has 0 aromatic heterocycles. The van der Waals surface area contributed by atoms with E-state index in [0.717, 1.165) is 11.1 Å². The van der Waals surface area contributed by atoms with Gasteiger partial charge in [-0.2, -0.15) is 12.6 Å². The van der Waals surface area contributed by atoms with Gasteiger partial charge in [-0.3, -0.25) is 0 Å². The molecular weight excluding hydrogens is 300 g/mol. The molecule has 0 heterocycles.